The fourth-order valence-corrected chi connectivity index (χ4v) is 3.06. The summed E-state index contributed by atoms with van der Waals surface area (Å²) in [4.78, 5) is 11.1. The lowest BCUT2D eigenvalue weighted by Gasteiger charge is -2.21. The van der Waals surface area contributed by atoms with Crippen LogP contribution in [0.5, 0.6) is 0 Å². The van der Waals surface area contributed by atoms with Crippen molar-refractivity contribution in [3.63, 3.8) is 0 Å². The van der Waals surface area contributed by atoms with Crippen molar-refractivity contribution in [3.05, 3.63) is 47.3 Å². The van der Waals surface area contributed by atoms with E-state index in [1.54, 1.807) is 0 Å². The Hall–Kier alpha value is -2.10. The molecule has 1 aliphatic rings. The minimum atomic E-state index is -0.701. The molecule has 4 nitrogen and oxygen atoms in total. The number of aliphatic carboxylic acids is 1. The molecule has 4 heteroatoms. The first-order valence-electron chi connectivity index (χ1n) is 7.76. The van der Waals surface area contributed by atoms with Crippen molar-refractivity contribution in [2.45, 2.75) is 45.4 Å². The average Bonchev–Trinajstić information content (AvgIpc) is 2.89. The second-order valence-corrected chi connectivity index (χ2v) is 7.10. The smallest absolute Gasteiger partial charge is 0.306 e. The Kier molecular flexibility index (Phi) is 3.55. The Morgan fingerprint density at radius 1 is 1.27 bits per heavy atom. The van der Waals surface area contributed by atoms with Gasteiger partial charge in [-0.3, -0.25) is 4.79 Å². The highest BCUT2D eigenvalue weighted by Gasteiger charge is 2.27. The van der Waals surface area contributed by atoms with Crippen LogP contribution in [0.15, 0.2) is 30.5 Å². The quantitative estimate of drug-likeness (QED) is 0.925. The molecule has 3 rings (SSSR count). The van der Waals surface area contributed by atoms with E-state index in [-0.39, 0.29) is 11.3 Å². The zero-order valence-corrected chi connectivity index (χ0v) is 13.3. The topological polar surface area (TPSA) is 55.1 Å². The molecule has 1 aliphatic carbocycles. The number of carboxylic acids is 1. The molecule has 0 amide bonds. The van der Waals surface area contributed by atoms with Crippen LogP contribution < -0.4 is 0 Å². The third kappa shape index (κ3) is 2.65. The standard InChI is InChI=1S/C18H22N2O2/c1-18(2,3)14-5-7-15(8-6-14)20-16-9-4-12(17(21)22)10-13(16)11-19-20/h5-8,11-12H,4,9-10H2,1-3H3,(H,21,22). The third-order valence-electron chi connectivity index (χ3n) is 4.48. The van der Waals surface area contributed by atoms with Crippen LogP contribution >= 0.6 is 0 Å². The molecule has 0 spiro atoms. The molecule has 1 N–H and O–H groups in total. The first-order valence-corrected chi connectivity index (χ1v) is 7.76. The van der Waals surface area contributed by atoms with Gasteiger partial charge in [0, 0.05) is 5.69 Å². The Bertz CT molecular complexity index is 693. The Balaban J connectivity index is 1.90. The van der Waals surface area contributed by atoms with Crippen molar-refractivity contribution in [3.8, 4) is 5.69 Å². The molecule has 22 heavy (non-hydrogen) atoms. The molecule has 0 aliphatic heterocycles. The molecular formula is C18H22N2O2. The van der Waals surface area contributed by atoms with E-state index in [0.717, 1.165) is 23.4 Å². The van der Waals surface area contributed by atoms with E-state index >= 15 is 0 Å². The van der Waals surface area contributed by atoms with Gasteiger partial charge in [0.15, 0.2) is 0 Å². The van der Waals surface area contributed by atoms with Crippen molar-refractivity contribution >= 4 is 5.97 Å². The molecule has 1 aromatic heterocycles. The van der Waals surface area contributed by atoms with Gasteiger partial charge < -0.3 is 5.11 Å². The number of aromatic nitrogens is 2. The summed E-state index contributed by atoms with van der Waals surface area (Å²) in [5.41, 5.74) is 4.70. The molecule has 116 valence electrons. The van der Waals surface area contributed by atoms with Gasteiger partial charge in [-0.25, -0.2) is 4.68 Å². The second kappa shape index (κ2) is 5.27. The second-order valence-electron chi connectivity index (χ2n) is 7.10. The summed E-state index contributed by atoms with van der Waals surface area (Å²) in [6, 6.07) is 8.48. The largest absolute Gasteiger partial charge is 0.481 e. The number of fused-ring (bicyclic) bond motifs is 1. The monoisotopic (exact) mass is 298 g/mol. The van der Waals surface area contributed by atoms with Gasteiger partial charge in [-0.1, -0.05) is 32.9 Å². The van der Waals surface area contributed by atoms with E-state index in [9.17, 15) is 4.79 Å². The first-order chi connectivity index (χ1) is 10.4. The van der Waals surface area contributed by atoms with Crippen molar-refractivity contribution < 1.29 is 9.90 Å². The molecule has 0 bridgehead atoms. The SMILES string of the molecule is CC(C)(C)c1ccc(-n2ncc3c2CCC(C(=O)O)C3)cc1. The van der Waals surface area contributed by atoms with Crippen molar-refractivity contribution in [2.24, 2.45) is 5.92 Å². The number of nitrogens with zero attached hydrogens (tertiary/aromatic N) is 2. The van der Waals surface area contributed by atoms with Gasteiger partial charge in [-0.15, -0.1) is 0 Å². The summed E-state index contributed by atoms with van der Waals surface area (Å²) in [6.07, 6.45) is 3.87. The van der Waals surface area contributed by atoms with Crippen molar-refractivity contribution in [1.29, 1.82) is 0 Å². The molecule has 0 fully saturated rings. The maximum Gasteiger partial charge on any atom is 0.306 e. The summed E-state index contributed by atoms with van der Waals surface area (Å²) in [5, 5.41) is 13.6. The maximum atomic E-state index is 11.1. The van der Waals surface area contributed by atoms with Crippen molar-refractivity contribution in [1.82, 2.24) is 9.78 Å². The van der Waals surface area contributed by atoms with Gasteiger partial charge in [0.2, 0.25) is 0 Å². The molecule has 1 unspecified atom stereocenters. The summed E-state index contributed by atoms with van der Waals surface area (Å²) in [5.74, 6) is -0.971. The zero-order valence-electron chi connectivity index (χ0n) is 13.3. The van der Waals surface area contributed by atoms with Crippen LogP contribution in [0.3, 0.4) is 0 Å². The Morgan fingerprint density at radius 2 is 1.95 bits per heavy atom. The highest BCUT2D eigenvalue weighted by molar-refractivity contribution is 5.71. The van der Waals surface area contributed by atoms with Gasteiger partial charge in [0.25, 0.3) is 0 Å². The van der Waals surface area contributed by atoms with Gasteiger partial charge in [0.05, 0.1) is 17.8 Å². The maximum absolute atomic E-state index is 11.1. The average molecular weight is 298 g/mol. The lowest BCUT2D eigenvalue weighted by Crippen LogP contribution is -2.22. The normalized spacial score (nSPS) is 18.0. The van der Waals surface area contributed by atoms with Crippen LogP contribution in [0, 0.1) is 5.92 Å². The number of carbonyl (C=O) groups is 1. The molecule has 0 saturated carbocycles. The molecule has 1 heterocycles. The zero-order chi connectivity index (χ0) is 15.9. The molecule has 1 atom stereocenters. The molecule has 2 aromatic rings. The highest BCUT2D eigenvalue weighted by atomic mass is 16.4. The van der Waals surface area contributed by atoms with Crippen LogP contribution in [0.25, 0.3) is 5.69 Å². The third-order valence-corrected chi connectivity index (χ3v) is 4.48. The number of carboxylic acid groups (broad SMARTS) is 1. The minimum absolute atomic E-state index is 0.136. The molecule has 1 aromatic carbocycles. The lowest BCUT2D eigenvalue weighted by molar-refractivity contribution is -0.142. The van der Waals surface area contributed by atoms with E-state index in [0.29, 0.717) is 12.8 Å². The van der Waals surface area contributed by atoms with Crippen molar-refractivity contribution in [2.75, 3.05) is 0 Å². The van der Waals surface area contributed by atoms with E-state index in [2.05, 4.69) is 50.1 Å². The van der Waals surface area contributed by atoms with Crippen LogP contribution in [-0.4, -0.2) is 20.9 Å². The van der Waals surface area contributed by atoms with E-state index in [1.807, 2.05) is 10.9 Å². The number of hydrogen-bond donors (Lipinski definition) is 1. The van der Waals surface area contributed by atoms with E-state index in [4.69, 9.17) is 5.11 Å². The fraction of sp³-hybridized carbons (Fsp3) is 0.444. The van der Waals surface area contributed by atoms with E-state index < -0.39 is 5.97 Å². The summed E-state index contributed by atoms with van der Waals surface area (Å²) in [6.45, 7) is 6.59. The van der Waals surface area contributed by atoms with E-state index in [1.165, 1.54) is 5.56 Å². The molecule has 0 saturated heterocycles. The van der Waals surface area contributed by atoms with Crippen LogP contribution in [0.4, 0.5) is 0 Å². The van der Waals surface area contributed by atoms with Gasteiger partial charge in [-0.2, -0.15) is 5.10 Å². The number of hydrogen-bond acceptors (Lipinski definition) is 2. The highest BCUT2D eigenvalue weighted by Crippen LogP contribution is 2.28. The predicted molar refractivity (Wildman–Crippen MR) is 85.4 cm³/mol. The minimum Gasteiger partial charge on any atom is -0.481 e. The van der Waals surface area contributed by atoms with Gasteiger partial charge in [-0.05, 0) is 47.9 Å². The molecular weight excluding hydrogens is 276 g/mol. The predicted octanol–water partition coefficient (Wildman–Crippen LogP) is 3.36. The number of benzene rings is 1. The fourth-order valence-electron chi connectivity index (χ4n) is 3.06. The van der Waals surface area contributed by atoms with Crippen LogP contribution in [-0.2, 0) is 23.1 Å². The first kappa shape index (κ1) is 14.8. The number of rotatable bonds is 2. The summed E-state index contributed by atoms with van der Waals surface area (Å²) >= 11 is 0. The molecule has 0 radical (unpaired) electrons. The summed E-state index contributed by atoms with van der Waals surface area (Å²) in [7, 11) is 0. The Labute approximate surface area is 130 Å². The van der Waals surface area contributed by atoms with Crippen LogP contribution in [0.2, 0.25) is 0 Å². The van der Waals surface area contributed by atoms with Gasteiger partial charge >= 0.3 is 5.97 Å². The Morgan fingerprint density at radius 3 is 2.55 bits per heavy atom. The lowest BCUT2D eigenvalue weighted by atomic mass is 9.87. The summed E-state index contributed by atoms with van der Waals surface area (Å²) < 4.78 is 1.96. The van der Waals surface area contributed by atoms with Crippen LogP contribution in [0.1, 0.15) is 44.0 Å². The van der Waals surface area contributed by atoms with Gasteiger partial charge in [0.1, 0.15) is 0 Å².